The van der Waals surface area contributed by atoms with Crippen molar-refractivity contribution in [3.05, 3.63) is 47.0 Å². The monoisotopic (exact) mass is 240 g/mol. The van der Waals surface area contributed by atoms with Gasteiger partial charge in [-0.3, -0.25) is 0 Å². The first-order chi connectivity index (χ1) is 8.04. The maximum absolute atomic E-state index is 4.71. The summed E-state index contributed by atoms with van der Waals surface area (Å²) in [7, 11) is 2.15. The summed E-state index contributed by atoms with van der Waals surface area (Å²) in [4.78, 5) is 1.11. The molecule has 0 amide bonds. The smallest absolute Gasteiger partial charge is 0.141 e. The lowest BCUT2D eigenvalue weighted by atomic mass is 9.82. The zero-order valence-electron chi connectivity index (χ0n) is 10.8. The lowest BCUT2D eigenvalue weighted by Crippen LogP contribution is -2.14. The summed E-state index contributed by atoms with van der Waals surface area (Å²) in [5.74, 6) is 0. The molecule has 2 aromatic carbocycles. The van der Waals surface area contributed by atoms with E-state index in [2.05, 4.69) is 52.9 Å². The van der Waals surface area contributed by atoms with E-state index >= 15 is 0 Å². The van der Waals surface area contributed by atoms with Crippen molar-refractivity contribution in [3.63, 3.8) is 0 Å². The molecule has 2 aromatic rings. The average molecular weight is 240 g/mol. The molecule has 0 heterocycles. The molecule has 0 unspecified atom stereocenters. The molecule has 0 aromatic heterocycles. The van der Waals surface area contributed by atoms with Crippen LogP contribution in [0.2, 0.25) is 0 Å². The number of hydrogen-bond donors (Lipinski definition) is 1. The van der Waals surface area contributed by atoms with Gasteiger partial charge in [-0.15, -0.1) is 12.6 Å². The van der Waals surface area contributed by atoms with Crippen molar-refractivity contribution in [2.24, 2.45) is 0 Å². The molecule has 0 aliphatic heterocycles. The van der Waals surface area contributed by atoms with Crippen LogP contribution < -0.4 is 5.46 Å². The van der Waals surface area contributed by atoms with E-state index in [1.165, 1.54) is 33.3 Å². The molecule has 2 heteroatoms. The SMILES string of the molecule is Bc1c(C)c(C)c(C)c(-c2ccccc2)c1S. The van der Waals surface area contributed by atoms with Crippen LogP contribution in [-0.4, -0.2) is 7.85 Å². The van der Waals surface area contributed by atoms with Gasteiger partial charge < -0.3 is 0 Å². The van der Waals surface area contributed by atoms with E-state index < -0.39 is 0 Å². The Hall–Kier alpha value is -1.15. The minimum absolute atomic E-state index is 1.11. The van der Waals surface area contributed by atoms with E-state index in [4.69, 9.17) is 12.6 Å². The molecule has 17 heavy (non-hydrogen) atoms. The Morgan fingerprint density at radius 3 is 2.06 bits per heavy atom. The molecular formula is C15H17BS. The van der Waals surface area contributed by atoms with Crippen molar-refractivity contribution in [3.8, 4) is 11.1 Å². The summed E-state index contributed by atoms with van der Waals surface area (Å²) >= 11 is 4.71. The van der Waals surface area contributed by atoms with Crippen molar-refractivity contribution >= 4 is 25.9 Å². The highest BCUT2D eigenvalue weighted by Gasteiger charge is 2.13. The second-order valence-corrected chi connectivity index (χ2v) is 5.04. The third-order valence-corrected chi connectivity index (χ3v) is 4.28. The predicted molar refractivity (Wildman–Crippen MR) is 81.5 cm³/mol. The molecule has 0 spiro atoms. The van der Waals surface area contributed by atoms with Gasteiger partial charge in [0.15, 0.2) is 0 Å². The zero-order chi connectivity index (χ0) is 12.6. The highest BCUT2D eigenvalue weighted by atomic mass is 32.1. The Balaban J connectivity index is 2.80. The summed E-state index contributed by atoms with van der Waals surface area (Å²) in [5.41, 5.74) is 7.88. The van der Waals surface area contributed by atoms with E-state index in [0.29, 0.717) is 0 Å². The molecule has 0 atom stereocenters. The van der Waals surface area contributed by atoms with Crippen LogP contribution in [0.5, 0.6) is 0 Å². The fourth-order valence-electron chi connectivity index (χ4n) is 2.25. The van der Waals surface area contributed by atoms with Gasteiger partial charge in [0.2, 0.25) is 0 Å². The maximum Gasteiger partial charge on any atom is 0.141 e. The van der Waals surface area contributed by atoms with E-state index in [0.717, 1.165) is 4.90 Å². The largest absolute Gasteiger partial charge is 0.143 e. The van der Waals surface area contributed by atoms with Crippen LogP contribution in [0.25, 0.3) is 11.1 Å². The lowest BCUT2D eigenvalue weighted by Gasteiger charge is -2.18. The standard InChI is InChI=1S/C15H17BS/c1-9-10(2)13(12-7-5-4-6-8-12)15(17)14(16)11(9)3/h4-8,17H,16H2,1-3H3. The summed E-state index contributed by atoms with van der Waals surface area (Å²) in [6.45, 7) is 6.55. The van der Waals surface area contributed by atoms with Crippen LogP contribution in [0.15, 0.2) is 35.2 Å². The van der Waals surface area contributed by atoms with Gasteiger partial charge in [0.25, 0.3) is 0 Å². The maximum atomic E-state index is 4.71. The summed E-state index contributed by atoms with van der Waals surface area (Å²) in [6, 6.07) is 10.5. The quantitative estimate of drug-likeness (QED) is 0.575. The Labute approximate surface area is 110 Å². The van der Waals surface area contributed by atoms with Crippen LogP contribution in [0.4, 0.5) is 0 Å². The van der Waals surface area contributed by atoms with Crippen LogP contribution in [0.1, 0.15) is 16.7 Å². The highest BCUT2D eigenvalue weighted by molar-refractivity contribution is 7.80. The van der Waals surface area contributed by atoms with Crippen LogP contribution >= 0.6 is 12.6 Å². The Kier molecular flexibility index (Phi) is 3.34. The summed E-state index contributed by atoms with van der Waals surface area (Å²) in [6.07, 6.45) is 0. The molecule has 0 saturated heterocycles. The Bertz CT molecular complexity index is 530. The summed E-state index contributed by atoms with van der Waals surface area (Å²) in [5, 5.41) is 0. The fourth-order valence-corrected chi connectivity index (χ4v) is 2.72. The Morgan fingerprint density at radius 2 is 1.47 bits per heavy atom. The van der Waals surface area contributed by atoms with Gasteiger partial charge in [-0.1, -0.05) is 41.4 Å². The third kappa shape index (κ3) is 2.02. The molecule has 0 aliphatic carbocycles. The van der Waals surface area contributed by atoms with Gasteiger partial charge >= 0.3 is 0 Å². The van der Waals surface area contributed by atoms with Crippen molar-refractivity contribution in [2.75, 3.05) is 0 Å². The first kappa shape index (κ1) is 12.3. The number of rotatable bonds is 1. The molecule has 0 radical (unpaired) electrons. The van der Waals surface area contributed by atoms with E-state index in [1.54, 1.807) is 0 Å². The fraction of sp³-hybridized carbons (Fsp3) is 0.200. The number of thiol groups is 1. The first-order valence-corrected chi connectivity index (χ1v) is 6.33. The zero-order valence-corrected chi connectivity index (χ0v) is 11.7. The number of benzene rings is 2. The number of hydrogen-bond acceptors (Lipinski definition) is 1. The molecule has 0 aliphatic rings. The Morgan fingerprint density at radius 1 is 0.882 bits per heavy atom. The van der Waals surface area contributed by atoms with Gasteiger partial charge in [-0.05, 0) is 43.0 Å². The topological polar surface area (TPSA) is 0 Å². The highest BCUT2D eigenvalue weighted by Crippen LogP contribution is 2.31. The van der Waals surface area contributed by atoms with E-state index in [1.807, 2.05) is 6.07 Å². The molecule has 0 bridgehead atoms. The molecular weight excluding hydrogens is 223 g/mol. The molecule has 0 nitrogen and oxygen atoms in total. The summed E-state index contributed by atoms with van der Waals surface area (Å²) < 4.78 is 0. The molecule has 0 fully saturated rings. The molecule has 0 saturated carbocycles. The average Bonchev–Trinajstić information content (AvgIpc) is 2.36. The van der Waals surface area contributed by atoms with Crippen molar-refractivity contribution < 1.29 is 0 Å². The van der Waals surface area contributed by atoms with E-state index in [-0.39, 0.29) is 0 Å². The van der Waals surface area contributed by atoms with Gasteiger partial charge in [0, 0.05) is 4.90 Å². The van der Waals surface area contributed by atoms with Gasteiger partial charge in [0.1, 0.15) is 7.85 Å². The molecule has 2 rings (SSSR count). The predicted octanol–water partition coefficient (Wildman–Crippen LogP) is 2.83. The second-order valence-electron chi connectivity index (χ2n) is 4.59. The van der Waals surface area contributed by atoms with Crippen molar-refractivity contribution in [1.29, 1.82) is 0 Å². The van der Waals surface area contributed by atoms with Crippen LogP contribution in [0, 0.1) is 20.8 Å². The van der Waals surface area contributed by atoms with Gasteiger partial charge in [0.05, 0.1) is 0 Å². The van der Waals surface area contributed by atoms with Gasteiger partial charge in [-0.2, -0.15) is 0 Å². The second kappa shape index (κ2) is 4.62. The van der Waals surface area contributed by atoms with Crippen molar-refractivity contribution in [1.82, 2.24) is 0 Å². The van der Waals surface area contributed by atoms with Crippen molar-refractivity contribution in [2.45, 2.75) is 25.7 Å². The normalized spacial score (nSPS) is 10.6. The van der Waals surface area contributed by atoms with Crippen LogP contribution in [-0.2, 0) is 0 Å². The van der Waals surface area contributed by atoms with E-state index in [9.17, 15) is 0 Å². The minimum Gasteiger partial charge on any atom is -0.143 e. The first-order valence-electron chi connectivity index (χ1n) is 5.88. The lowest BCUT2D eigenvalue weighted by molar-refractivity contribution is 1.24. The minimum atomic E-state index is 1.11. The van der Waals surface area contributed by atoms with Gasteiger partial charge in [-0.25, -0.2) is 0 Å². The van der Waals surface area contributed by atoms with Crippen LogP contribution in [0.3, 0.4) is 0 Å². The molecule has 0 N–H and O–H groups in total. The third-order valence-electron chi connectivity index (χ3n) is 3.72. The molecule has 86 valence electrons.